The van der Waals surface area contributed by atoms with Crippen molar-refractivity contribution in [1.29, 1.82) is 0 Å². The fraction of sp³-hybridized carbons (Fsp3) is 0.490. The van der Waals surface area contributed by atoms with E-state index in [-0.39, 0.29) is 0 Å². The number of anilines is 1. The first-order chi connectivity index (χ1) is 26.0. The van der Waals surface area contributed by atoms with Gasteiger partial charge in [0.15, 0.2) is 0 Å². The molecule has 8 aliphatic carbocycles. The molecular formula is C51H60N2. The standard InChI is InChI=1S/C51H60N2/c1-51(2)47-19-11-9-17-43(47)44-31-30-42(34-48(44)51)52(40-26-21-36(22-27-40)35-13-5-3-6-14-35)41-28-23-37(24-29-41)38-25-32-50-46(33-38)45-18-10-12-20-49(45)53(50)39-15-7-4-8-16-39/h4-5,7-8,12-16,20-21,23,26,28-31,33,37-38,43,45,47-50H,3,6,9-11,17-19,22,24-25,27,32,34H2,1-2H3. The van der Waals surface area contributed by atoms with Crippen LogP contribution in [-0.2, 0) is 0 Å². The van der Waals surface area contributed by atoms with Gasteiger partial charge in [0, 0.05) is 28.7 Å². The van der Waals surface area contributed by atoms with E-state index < -0.39 is 0 Å². The summed E-state index contributed by atoms with van der Waals surface area (Å²) in [4.78, 5) is 5.49. The monoisotopic (exact) mass is 700 g/mol. The van der Waals surface area contributed by atoms with Gasteiger partial charge in [0.05, 0.1) is 12.1 Å². The zero-order valence-electron chi connectivity index (χ0n) is 32.3. The van der Waals surface area contributed by atoms with Gasteiger partial charge in [0.1, 0.15) is 0 Å². The molecule has 0 spiro atoms. The van der Waals surface area contributed by atoms with Crippen LogP contribution in [-0.4, -0.2) is 17.0 Å². The van der Waals surface area contributed by atoms with Gasteiger partial charge in [-0.25, -0.2) is 0 Å². The van der Waals surface area contributed by atoms with E-state index in [2.05, 4.69) is 133 Å². The predicted molar refractivity (Wildman–Crippen MR) is 222 cm³/mol. The average Bonchev–Trinajstić information content (AvgIpc) is 3.67. The molecule has 1 heterocycles. The summed E-state index contributed by atoms with van der Waals surface area (Å²) in [7, 11) is 0. The van der Waals surface area contributed by atoms with Gasteiger partial charge >= 0.3 is 0 Å². The van der Waals surface area contributed by atoms with Gasteiger partial charge < -0.3 is 9.80 Å². The summed E-state index contributed by atoms with van der Waals surface area (Å²) >= 11 is 0. The number of hydrogen-bond donors (Lipinski definition) is 0. The van der Waals surface area contributed by atoms with E-state index in [1.165, 1.54) is 105 Å². The molecule has 274 valence electrons. The van der Waals surface area contributed by atoms with Crippen molar-refractivity contribution in [3.63, 3.8) is 0 Å². The van der Waals surface area contributed by atoms with Crippen molar-refractivity contribution < 1.29 is 0 Å². The van der Waals surface area contributed by atoms with Crippen LogP contribution in [0.2, 0.25) is 0 Å². The average molecular weight is 701 g/mol. The van der Waals surface area contributed by atoms with Crippen LogP contribution < -0.4 is 4.90 Å². The number of benzene rings is 1. The van der Waals surface area contributed by atoms with Crippen LogP contribution >= 0.6 is 0 Å². The van der Waals surface area contributed by atoms with Crippen LogP contribution in [0.25, 0.3) is 0 Å². The minimum Gasteiger partial charge on any atom is -0.358 e. The molecule has 0 N–H and O–H groups in total. The summed E-state index contributed by atoms with van der Waals surface area (Å²) in [6, 6.07) is 12.3. The Balaban J connectivity index is 0.936. The molecule has 1 aromatic rings. The van der Waals surface area contributed by atoms with Crippen molar-refractivity contribution in [2.45, 2.75) is 116 Å². The van der Waals surface area contributed by atoms with E-state index in [1.807, 2.05) is 0 Å². The molecule has 0 amide bonds. The van der Waals surface area contributed by atoms with Crippen molar-refractivity contribution in [1.82, 2.24) is 4.90 Å². The molecule has 0 bridgehead atoms. The second kappa shape index (κ2) is 13.8. The highest BCUT2D eigenvalue weighted by Gasteiger charge is 2.53. The lowest BCUT2D eigenvalue weighted by atomic mass is 9.68. The van der Waals surface area contributed by atoms with Crippen LogP contribution in [0.15, 0.2) is 149 Å². The van der Waals surface area contributed by atoms with E-state index in [0.717, 1.165) is 31.1 Å². The maximum absolute atomic E-state index is 2.78. The smallest absolute Gasteiger partial charge is 0.0545 e. The maximum Gasteiger partial charge on any atom is 0.0545 e. The zero-order valence-corrected chi connectivity index (χ0v) is 32.3. The van der Waals surface area contributed by atoms with Crippen molar-refractivity contribution in [2.24, 2.45) is 40.9 Å². The fourth-order valence-corrected chi connectivity index (χ4v) is 12.7. The largest absolute Gasteiger partial charge is 0.358 e. The molecule has 1 saturated heterocycles. The highest BCUT2D eigenvalue weighted by molar-refractivity contribution is 5.57. The lowest BCUT2D eigenvalue weighted by Gasteiger charge is -2.40. The number of rotatable bonds is 6. The quantitative estimate of drug-likeness (QED) is 0.273. The molecule has 1 aliphatic heterocycles. The molecule has 1 aromatic carbocycles. The molecule has 2 heteroatoms. The van der Waals surface area contributed by atoms with Gasteiger partial charge in [-0.1, -0.05) is 111 Å². The first-order valence-corrected chi connectivity index (χ1v) is 21.6. The Bertz CT molecular complexity index is 1920. The molecule has 0 aromatic heterocycles. The highest BCUT2D eigenvalue weighted by atomic mass is 15.2. The first kappa shape index (κ1) is 33.8. The van der Waals surface area contributed by atoms with Crippen LogP contribution in [0.4, 0.5) is 5.69 Å². The minimum absolute atomic E-state index is 0.369. The summed E-state index contributed by atoms with van der Waals surface area (Å²) in [6.07, 6.45) is 50.4. The first-order valence-electron chi connectivity index (χ1n) is 21.6. The molecule has 2 saturated carbocycles. The number of fused-ring (bicyclic) bond motifs is 6. The Kier molecular flexibility index (Phi) is 8.80. The third kappa shape index (κ3) is 5.89. The minimum atomic E-state index is 0.369. The number of hydrogen-bond acceptors (Lipinski definition) is 2. The van der Waals surface area contributed by atoms with Gasteiger partial charge in [-0.05, 0) is 159 Å². The Morgan fingerprint density at radius 3 is 2.42 bits per heavy atom. The summed E-state index contributed by atoms with van der Waals surface area (Å²) in [5.74, 6) is 4.20. The van der Waals surface area contributed by atoms with Crippen LogP contribution in [0, 0.1) is 40.9 Å². The summed E-state index contributed by atoms with van der Waals surface area (Å²) in [5, 5.41) is 0. The van der Waals surface area contributed by atoms with Crippen LogP contribution in [0.5, 0.6) is 0 Å². The van der Waals surface area contributed by atoms with Crippen molar-refractivity contribution >= 4 is 5.69 Å². The zero-order chi connectivity index (χ0) is 35.5. The van der Waals surface area contributed by atoms with Crippen molar-refractivity contribution in [3.05, 3.63) is 149 Å². The molecule has 2 nitrogen and oxygen atoms in total. The van der Waals surface area contributed by atoms with Crippen LogP contribution in [0.3, 0.4) is 0 Å². The van der Waals surface area contributed by atoms with Crippen molar-refractivity contribution in [2.75, 3.05) is 4.90 Å². The van der Waals surface area contributed by atoms with Crippen molar-refractivity contribution in [3.8, 4) is 0 Å². The Hall–Kier alpha value is -3.78. The molecule has 8 unspecified atom stereocenters. The maximum atomic E-state index is 2.78. The summed E-state index contributed by atoms with van der Waals surface area (Å²) in [6.45, 7) is 5.22. The van der Waals surface area contributed by atoms with Gasteiger partial charge in [-0.15, -0.1) is 0 Å². The number of para-hydroxylation sites is 1. The molecule has 0 radical (unpaired) electrons. The molecular weight excluding hydrogens is 641 g/mol. The third-order valence-electron chi connectivity index (χ3n) is 15.4. The topological polar surface area (TPSA) is 6.48 Å². The molecule has 3 fully saturated rings. The fourth-order valence-electron chi connectivity index (χ4n) is 12.7. The normalized spacial score (nSPS) is 35.4. The second-order valence-electron chi connectivity index (χ2n) is 18.4. The number of nitrogens with zero attached hydrogens (tertiary/aromatic N) is 2. The lowest BCUT2D eigenvalue weighted by Crippen LogP contribution is -2.38. The van der Waals surface area contributed by atoms with E-state index in [1.54, 1.807) is 11.1 Å². The summed E-state index contributed by atoms with van der Waals surface area (Å²) in [5.41, 5.74) is 12.7. The van der Waals surface area contributed by atoms with Gasteiger partial charge in [0.25, 0.3) is 0 Å². The SMILES string of the molecule is CC1(C)C2CC(N(C3=CCC(C4C=C5C6CCC=CC6N(c6ccccc6)C5CC4)C=C3)C3=CC=C(C4=CCCC=C4)CC3)=CC=C2C2CCCCC21. The van der Waals surface area contributed by atoms with E-state index in [9.17, 15) is 0 Å². The highest BCUT2D eigenvalue weighted by Crippen LogP contribution is 2.62. The number of allylic oxidation sites excluding steroid dienone is 17. The molecule has 9 aliphatic rings. The summed E-state index contributed by atoms with van der Waals surface area (Å²) < 4.78 is 0. The molecule has 8 atom stereocenters. The van der Waals surface area contributed by atoms with Gasteiger partial charge in [-0.3, -0.25) is 0 Å². The van der Waals surface area contributed by atoms with Gasteiger partial charge in [0.2, 0.25) is 0 Å². The van der Waals surface area contributed by atoms with E-state index >= 15 is 0 Å². The second-order valence-corrected chi connectivity index (χ2v) is 18.4. The van der Waals surface area contributed by atoms with Crippen LogP contribution in [0.1, 0.15) is 104 Å². The Morgan fingerprint density at radius 1 is 0.717 bits per heavy atom. The van der Waals surface area contributed by atoms with Gasteiger partial charge in [-0.2, -0.15) is 0 Å². The third-order valence-corrected chi connectivity index (χ3v) is 15.4. The lowest BCUT2D eigenvalue weighted by molar-refractivity contribution is 0.132. The Labute approximate surface area is 319 Å². The van der Waals surface area contributed by atoms with E-state index in [0.29, 0.717) is 41.2 Å². The van der Waals surface area contributed by atoms with E-state index in [4.69, 9.17) is 0 Å². The predicted octanol–water partition coefficient (Wildman–Crippen LogP) is 12.9. The molecule has 10 rings (SSSR count). The molecule has 53 heavy (non-hydrogen) atoms. The Morgan fingerprint density at radius 2 is 1.60 bits per heavy atom.